The molecule has 0 saturated carbocycles. The highest BCUT2D eigenvalue weighted by Crippen LogP contribution is 2.38. The number of urea groups is 1. The topological polar surface area (TPSA) is 85.7 Å². The van der Waals surface area contributed by atoms with Crippen molar-refractivity contribution in [3.63, 3.8) is 0 Å². The van der Waals surface area contributed by atoms with Gasteiger partial charge in [-0.25, -0.2) is 4.79 Å². The van der Waals surface area contributed by atoms with Crippen LogP contribution in [0.1, 0.15) is 48.7 Å². The molecule has 0 spiro atoms. The first-order valence-corrected chi connectivity index (χ1v) is 14.7. The maximum Gasteiger partial charge on any atom is 0.317 e. The Bertz CT molecular complexity index is 1440. The fourth-order valence-corrected chi connectivity index (χ4v) is 5.57. The number of piperazine rings is 1. The predicted octanol–water partition coefficient (Wildman–Crippen LogP) is 5.89. The van der Waals surface area contributed by atoms with Gasteiger partial charge < -0.3 is 20.4 Å². The molecule has 1 aromatic heterocycles. The summed E-state index contributed by atoms with van der Waals surface area (Å²) in [5.74, 6) is 0.560. The molecule has 0 bridgehead atoms. The van der Waals surface area contributed by atoms with E-state index in [1.807, 2.05) is 24.1 Å². The molecule has 3 amide bonds. The molecule has 218 valence electrons. The van der Waals surface area contributed by atoms with E-state index < -0.39 is 0 Å². The van der Waals surface area contributed by atoms with Crippen LogP contribution in [0.15, 0.2) is 42.6 Å². The number of carbonyl (C=O) groups is 2. The van der Waals surface area contributed by atoms with Crippen molar-refractivity contribution in [2.45, 2.75) is 40.3 Å². The number of fused-ring (bicyclic) bond motifs is 2. The van der Waals surface area contributed by atoms with Crippen molar-refractivity contribution >= 4 is 52.3 Å². The summed E-state index contributed by atoms with van der Waals surface area (Å²) in [7, 11) is 1.84. The number of carbonyl (C=O) groups excluding carboxylic acids is 2. The summed E-state index contributed by atoms with van der Waals surface area (Å²) in [5, 5.41) is 11.6. The second kappa shape index (κ2) is 11.9. The molecule has 0 unspecified atom stereocenters. The third kappa shape index (κ3) is 6.80. The Morgan fingerprint density at radius 1 is 1.05 bits per heavy atom. The lowest BCUT2D eigenvalue weighted by Gasteiger charge is -2.35. The summed E-state index contributed by atoms with van der Waals surface area (Å²) in [4.78, 5) is 32.6. The molecule has 0 atom stereocenters. The van der Waals surface area contributed by atoms with E-state index in [1.165, 1.54) is 0 Å². The largest absolute Gasteiger partial charge is 0.338 e. The molecule has 0 aliphatic carbocycles. The van der Waals surface area contributed by atoms with Crippen LogP contribution in [0.3, 0.4) is 0 Å². The molecule has 0 radical (unpaired) electrons. The van der Waals surface area contributed by atoms with E-state index >= 15 is 0 Å². The number of halogens is 2. The summed E-state index contributed by atoms with van der Waals surface area (Å²) in [5.41, 5.74) is 3.78. The number of nitrogens with one attached hydrogen (secondary N) is 2. The van der Waals surface area contributed by atoms with Gasteiger partial charge in [-0.05, 0) is 54.3 Å². The van der Waals surface area contributed by atoms with Crippen LogP contribution >= 0.6 is 23.2 Å². The van der Waals surface area contributed by atoms with Crippen molar-refractivity contribution in [1.29, 1.82) is 0 Å². The second-order valence-corrected chi connectivity index (χ2v) is 12.8. The van der Waals surface area contributed by atoms with Gasteiger partial charge in [0.25, 0.3) is 5.91 Å². The summed E-state index contributed by atoms with van der Waals surface area (Å²) in [6, 6.07) is 10.6. The van der Waals surface area contributed by atoms with Gasteiger partial charge in [0.05, 0.1) is 34.7 Å². The van der Waals surface area contributed by atoms with Gasteiger partial charge in [-0.3, -0.25) is 14.4 Å². The van der Waals surface area contributed by atoms with E-state index in [4.69, 9.17) is 23.2 Å². The Kier molecular flexibility index (Phi) is 8.50. The zero-order chi connectivity index (χ0) is 29.3. The molecular weight excluding hydrogens is 561 g/mol. The van der Waals surface area contributed by atoms with Gasteiger partial charge in [-0.1, -0.05) is 50.0 Å². The van der Waals surface area contributed by atoms with Crippen molar-refractivity contribution < 1.29 is 9.59 Å². The highest BCUT2D eigenvalue weighted by molar-refractivity contribution is 6.35. The van der Waals surface area contributed by atoms with Crippen LogP contribution in [-0.2, 0) is 20.1 Å². The van der Waals surface area contributed by atoms with Crippen molar-refractivity contribution in [2.24, 2.45) is 12.5 Å². The van der Waals surface area contributed by atoms with Crippen LogP contribution in [0, 0.1) is 5.41 Å². The quantitative estimate of drug-likeness (QED) is 0.383. The zero-order valence-electron chi connectivity index (χ0n) is 24.0. The summed E-state index contributed by atoms with van der Waals surface area (Å²) in [6.07, 6.45) is 2.88. The van der Waals surface area contributed by atoms with Crippen molar-refractivity contribution in [2.75, 3.05) is 42.9 Å². The first kappa shape index (κ1) is 29.2. The average Bonchev–Trinajstić information content (AvgIpc) is 3.18. The number of nitrogens with zero attached hydrogens (tertiary/aromatic N) is 5. The number of rotatable bonds is 5. The first-order valence-electron chi connectivity index (χ1n) is 13.9. The molecule has 1 saturated heterocycles. The van der Waals surface area contributed by atoms with Crippen LogP contribution in [0.2, 0.25) is 10.0 Å². The van der Waals surface area contributed by atoms with Crippen molar-refractivity contribution in [3.8, 4) is 0 Å². The standard InChI is InChI=1S/C30H37Cl2N7O2/c1-30(2,3)9-10-37-11-13-38(14-12-37)29(41)33-17-20-5-7-23(24(32)15-20)28(40)39-19-21-18-34-36(4)27(21)35-25-16-22(31)6-8-26(25)39/h5-8,15-16,18,35H,9-14,17,19H2,1-4H3,(H,33,41). The second-order valence-electron chi connectivity index (χ2n) is 11.9. The van der Waals surface area contributed by atoms with Crippen LogP contribution in [0.4, 0.5) is 22.0 Å². The molecule has 11 heteroatoms. The Balaban J connectivity index is 1.23. The Morgan fingerprint density at radius 2 is 1.80 bits per heavy atom. The van der Waals surface area contributed by atoms with Gasteiger partial charge in [0, 0.05) is 50.4 Å². The van der Waals surface area contributed by atoms with E-state index in [1.54, 1.807) is 40.0 Å². The minimum absolute atomic E-state index is 0.0867. The maximum absolute atomic E-state index is 13.8. The average molecular weight is 599 g/mol. The van der Waals surface area contributed by atoms with E-state index in [-0.39, 0.29) is 11.9 Å². The van der Waals surface area contributed by atoms with Gasteiger partial charge in [0.15, 0.2) is 0 Å². The number of amides is 3. The maximum atomic E-state index is 13.8. The molecule has 3 heterocycles. The highest BCUT2D eigenvalue weighted by Gasteiger charge is 2.28. The number of aromatic nitrogens is 2. The lowest BCUT2D eigenvalue weighted by atomic mass is 9.92. The molecule has 3 aromatic rings. The van der Waals surface area contributed by atoms with Crippen LogP contribution in [0.25, 0.3) is 0 Å². The fourth-order valence-electron chi connectivity index (χ4n) is 5.11. The van der Waals surface area contributed by atoms with E-state index in [2.05, 4.69) is 41.4 Å². The minimum atomic E-state index is -0.239. The van der Waals surface area contributed by atoms with E-state index in [0.717, 1.165) is 43.0 Å². The normalized spacial score (nSPS) is 15.6. The molecule has 2 aromatic carbocycles. The lowest BCUT2D eigenvalue weighted by Crippen LogP contribution is -2.51. The minimum Gasteiger partial charge on any atom is -0.338 e. The first-order chi connectivity index (χ1) is 19.5. The zero-order valence-corrected chi connectivity index (χ0v) is 25.5. The Morgan fingerprint density at radius 3 is 2.51 bits per heavy atom. The van der Waals surface area contributed by atoms with Crippen LogP contribution < -0.4 is 15.5 Å². The Hall–Kier alpha value is -3.27. The number of hydrogen-bond acceptors (Lipinski definition) is 5. The molecule has 2 aliphatic rings. The Labute approximate surface area is 251 Å². The summed E-state index contributed by atoms with van der Waals surface area (Å²) in [6.45, 7) is 11.6. The van der Waals surface area contributed by atoms with E-state index in [0.29, 0.717) is 58.6 Å². The fraction of sp³-hybridized carbons (Fsp3) is 0.433. The molecule has 2 N–H and O–H groups in total. The number of benzene rings is 2. The lowest BCUT2D eigenvalue weighted by molar-refractivity contribution is 0.0985. The third-order valence-electron chi connectivity index (χ3n) is 7.64. The molecule has 9 nitrogen and oxygen atoms in total. The monoisotopic (exact) mass is 597 g/mol. The number of aryl methyl sites for hydroxylation is 1. The van der Waals surface area contributed by atoms with Crippen LogP contribution in [0.5, 0.6) is 0 Å². The van der Waals surface area contributed by atoms with Gasteiger partial charge in [-0.15, -0.1) is 0 Å². The van der Waals surface area contributed by atoms with Crippen molar-refractivity contribution in [3.05, 3.63) is 69.3 Å². The van der Waals surface area contributed by atoms with E-state index in [9.17, 15) is 9.59 Å². The van der Waals surface area contributed by atoms with Crippen molar-refractivity contribution in [1.82, 2.24) is 24.9 Å². The predicted molar refractivity (Wildman–Crippen MR) is 164 cm³/mol. The third-order valence-corrected chi connectivity index (χ3v) is 8.18. The summed E-state index contributed by atoms with van der Waals surface area (Å²) >= 11 is 12.9. The molecule has 5 rings (SSSR count). The van der Waals surface area contributed by atoms with Gasteiger partial charge in [-0.2, -0.15) is 5.10 Å². The number of hydrogen-bond donors (Lipinski definition) is 2. The molecule has 2 aliphatic heterocycles. The van der Waals surface area contributed by atoms with Gasteiger partial charge >= 0.3 is 6.03 Å². The highest BCUT2D eigenvalue weighted by atomic mass is 35.5. The van der Waals surface area contributed by atoms with Crippen LogP contribution in [-0.4, -0.2) is 64.2 Å². The molecular formula is C30H37Cl2N7O2. The SMILES string of the molecule is Cn1ncc2c1Nc1cc(Cl)ccc1N(C(=O)c1ccc(CNC(=O)N3CCN(CCC(C)(C)C)CC3)cc1Cl)C2. The number of anilines is 3. The van der Waals surface area contributed by atoms with Gasteiger partial charge in [0.2, 0.25) is 0 Å². The summed E-state index contributed by atoms with van der Waals surface area (Å²) < 4.78 is 1.73. The smallest absolute Gasteiger partial charge is 0.317 e. The van der Waals surface area contributed by atoms with Gasteiger partial charge in [0.1, 0.15) is 5.82 Å². The molecule has 41 heavy (non-hydrogen) atoms. The molecule has 1 fully saturated rings.